The van der Waals surface area contributed by atoms with E-state index in [2.05, 4.69) is 10.6 Å². The van der Waals surface area contributed by atoms with E-state index in [4.69, 9.17) is 5.11 Å². The molecular weight excluding hydrogens is 244 g/mol. The van der Waals surface area contributed by atoms with Crippen molar-refractivity contribution in [3.8, 4) is 0 Å². The summed E-state index contributed by atoms with van der Waals surface area (Å²) in [5.41, 5.74) is 0. The highest BCUT2D eigenvalue weighted by Crippen LogP contribution is 2.33. The number of carbonyl (C=O) groups is 2. The molecule has 1 saturated carbocycles. The van der Waals surface area contributed by atoms with Crippen LogP contribution in [0.15, 0.2) is 0 Å². The molecule has 2 atom stereocenters. The SMILES string of the molecule is CS(=O)CCNC(=O)NC(CC(=O)O)C1CC1. The van der Waals surface area contributed by atoms with Gasteiger partial charge in [0, 0.05) is 35.4 Å². The van der Waals surface area contributed by atoms with Crippen LogP contribution in [0.3, 0.4) is 0 Å². The molecule has 0 aromatic rings. The van der Waals surface area contributed by atoms with E-state index >= 15 is 0 Å². The molecule has 0 aromatic carbocycles. The van der Waals surface area contributed by atoms with Crippen LogP contribution < -0.4 is 10.6 Å². The van der Waals surface area contributed by atoms with Crippen molar-refractivity contribution in [3.05, 3.63) is 0 Å². The van der Waals surface area contributed by atoms with Crippen molar-refractivity contribution in [1.29, 1.82) is 0 Å². The zero-order valence-corrected chi connectivity index (χ0v) is 10.6. The van der Waals surface area contributed by atoms with Gasteiger partial charge in [0.25, 0.3) is 0 Å². The molecular formula is C10H18N2O4S. The van der Waals surface area contributed by atoms with E-state index in [1.165, 1.54) is 0 Å². The molecule has 98 valence electrons. The van der Waals surface area contributed by atoms with Crippen molar-refractivity contribution in [2.24, 2.45) is 5.92 Å². The number of carbonyl (C=O) groups excluding carboxylic acids is 1. The fraction of sp³-hybridized carbons (Fsp3) is 0.800. The molecule has 17 heavy (non-hydrogen) atoms. The molecule has 0 spiro atoms. The van der Waals surface area contributed by atoms with Crippen LogP contribution in [0.25, 0.3) is 0 Å². The molecule has 0 saturated heterocycles. The van der Waals surface area contributed by atoms with E-state index in [0.717, 1.165) is 12.8 Å². The van der Waals surface area contributed by atoms with Gasteiger partial charge in [-0.15, -0.1) is 0 Å². The van der Waals surface area contributed by atoms with Gasteiger partial charge in [-0.2, -0.15) is 0 Å². The van der Waals surface area contributed by atoms with E-state index in [9.17, 15) is 13.8 Å². The van der Waals surface area contributed by atoms with Gasteiger partial charge in [-0.25, -0.2) is 4.79 Å². The number of hydrogen-bond acceptors (Lipinski definition) is 3. The summed E-state index contributed by atoms with van der Waals surface area (Å²) in [4.78, 5) is 22.0. The third kappa shape index (κ3) is 6.25. The Morgan fingerprint density at radius 1 is 1.47 bits per heavy atom. The summed E-state index contributed by atoms with van der Waals surface area (Å²) in [5, 5.41) is 13.9. The summed E-state index contributed by atoms with van der Waals surface area (Å²) in [6.07, 6.45) is 3.46. The van der Waals surface area contributed by atoms with E-state index in [1.807, 2.05) is 0 Å². The summed E-state index contributed by atoms with van der Waals surface area (Å²) in [7, 11) is -0.937. The number of aliphatic carboxylic acids is 1. The van der Waals surface area contributed by atoms with Crippen molar-refractivity contribution in [1.82, 2.24) is 10.6 Å². The Bertz CT molecular complexity index is 317. The lowest BCUT2D eigenvalue weighted by Crippen LogP contribution is -2.45. The molecule has 6 nitrogen and oxygen atoms in total. The van der Waals surface area contributed by atoms with Crippen LogP contribution in [0.4, 0.5) is 4.79 Å². The predicted molar refractivity (Wildman–Crippen MR) is 64.2 cm³/mol. The second kappa shape index (κ2) is 6.58. The Hall–Kier alpha value is -1.11. The first kappa shape index (κ1) is 14.0. The van der Waals surface area contributed by atoms with Gasteiger partial charge in [-0.3, -0.25) is 9.00 Å². The third-order valence-electron chi connectivity index (χ3n) is 2.58. The zero-order valence-electron chi connectivity index (χ0n) is 9.77. The number of urea groups is 1. The first-order chi connectivity index (χ1) is 7.99. The van der Waals surface area contributed by atoms with Gasteiger partial charge in [0.2, 0.25) is 0 Å². The lowest BCUT2D eigenvalue weighted by Gasteiger charge is -2.16. The van der Waals surface area contributed by atoms with Gasteiger partial charge < -0.3 is 15.7 Å². The standard InChI is InChI=1S/C10H18N2O4S/c1-17(16)5-4-11-10(15)12-8(6-9(13)14)7-2-3-7/h7-8H,2-6H2,1H3,(H,13,14)(H2,11,12,15). The third-order valence-corrected chi connectivity index (χ3v) is 3.36. The fourth-order valence-electron chi connectivity index (χ4n) is 1.55. The summed E-state index contributed by atoms with van der Waals surface area (Å²) in [6.45, 7) is 0.333. The second-order valence-corrected chi connectivity index (χ2v) is 5.77. The Kier molecular flexibility index (Phi) is 5.40. The van der Waals surface area contributed by atoms with Gasteiger partial charge in [0.05, 0.1) is 6.42 Å². The van der Waals surface area contributed by atoms with Gasteiger partial charge >= 0.3 is 12.0 Å². The summed E-state index contributed by atoms with van der Waals surface area (Å²) in [5.74, 6) is -0.213. The summed E-state index contributed by atoms with van der Waals surface area (Å²) >= 11 is 0. The average Bonchev–Trinajstić information content (AvgIpc) is 2.98. The first-order valence-electron chi connectivity index (χ1n) is 5.55. The zero-order chi connectivity index (χ0) is 12.8. The fourth-order valence-corrected chi connectivity index (χ4v) is 1.94. The Morgan fingerprint density at radius 2 is 2.12 bits per heavy atom. The van der Waals surface area contributed by atoms with Crippen molar-refractivity contribution in [3.63, 3.8) is 0 Å². The number of nitrogens with one attached hydrogen (secondary N) is 2. The monoisotopic (exact) mass is 262 g/mol. The molecule has 0 aromatic heterocycles. The number of rotatable bonds is 7. The maximum absolute atomic E-state index is 11.4. The van der Waals surface area contributed by atoms with Crippen LogP contribution in [0.1, 0.15) is 19.3 Å². The number of amides is 2. The molecule has 2 unspecified atom stereocenters. The summed E-state index contributed by atoms with van der Waals surface area (Å²) < 4.78 is 10.8. The molecule has 1 aliphatic carbocycles. The number of carboxylic acids is 1. The lowest BCUT2D eigenvalue weighted by molar-refractivity contribution is -0.137. The minimum absolute atomic E-state index is 0.0439. The molecule has 0 aliphatic heterocycles. The predicted octanol–water partition coefficient (Wildman–Crippen LogP) is -0.0826. The molecule has 7 heteroatoms. The molecule has 0 bridgehead atoms. The highest BCUT2D eigenvalue weighted by atomic mass is 32.2. The normalized spacial score (nSPS) is 18.2. The van der Waals surface area contributed by atoms with Gasteiger partial charge in [-0.1, -0.05) is 0 Å². The van der Waals surface area contributed by atoms with Crippen LogP contribution in [-0.2, 0) is 15.6 Å². The second-order valence-electron chi connectivity index (χ2n) is 4.22. The van der Waals surface area contributed by atoms with Crippen LogP contribution in [0.5, 0.6) is 0 Å². The molecule has 1 aliphatic rings. The van der Waals surface area contributed by atoms with Crippen molar-refractivity contribution in [2.45, 2.75) is 25.3 Å². The van der Waals surface area contributed by atoms with Gasteiger partial charge in [0.1, 0.15) is 0 Å². The molecule has 1 rings (SSSR count). The maximum atomic E-state index is 11.4. The number of hydrogen-bond donors (Lipinski definition) is 3. The van der Waals surface area contributed by atoms with E-state index in [-0.39, 0.29) is 24.4 Å². The topological polar surface area (TPSA) is 95.5 Å². The Morgan fingerprint density at radius 3 is 2.59 bits per heavy atom. The summed E-state index contributed by atoms with van der Waals surface area (Å²) in [6, 6.07) is -0.673. The van der Waals surface area contributed by atoms with Gasteiger partial charge in [-0.05, 0) is 18.8 Å². The van der Waals surface area contributed by atoms with Crippen molar-refractivity contribution < 1.29 is 18.9 Å². The first-order valence-corrected chi connectivity index (χ1v) is 7.28. The lowest BCUT2D eigenvalue weighted by atomic mass is 10.1. The van der Waals surface area contributed by atoms with Crippen molar-refractivity contribution >= 4 is 22.8 Å². The highest BCUT2D eigenvalue weighted by Gasteiger charge is 2.33. The molecule has 0 radical (unpaired) electrons. The van der Waals surface area contributed by atoms with Crippen molar-refractivity contribution in [2.75, 3.05) is 18.6 Å². The minimum atomic E-state index is -0.937. The Labute approximate surface area is 103 Å². The van der Waals surface area contributed by atoms with E-state index < -0.39 is 16.8 Å². The largest absolute Gasteiger partial charge is 0.481 e. The van der Waals surface area contributed by atoms with Crippen LogP contribution in [0, 0.1) is 5.92 Å². The molecule has 1 fully saturated rings. The smallest absolute Gasteiger partial charge is 0.315 e. The maximum Gasteiger partial charge on any atom is 0.315 e. The molecule has 0 heterocycles. The Balaban J connectivity index is 2.26. The van der Waals surface area contributed by atoms with E-state index in [1.54, 1.807) is 6.26 Å². The van der Waals surface area contributed by atoms with Crippen LogP contribution in [0.2, 0.25) is 0 Å². The van der Waals surface area contributed by atoms with Crippen LogP contribution >= 0.6 is 0 Å². The van der Waals surface area contributed by atoms with E-state index in [0.29, 0.717) is 12.3 Å². The quantitative estimate of drug-likeness (QED) is 0.598. The number of carboxylic acid groups (broad SMARTS) is 1. The minimum Gasteiger partial charge on any atom is -0.481 e. The molecule has 2 amide bonds. The molecule has 3 N–H and O–H groups in total. The van der Waals surface area contributed by atoms with Gasteiger partial charge in [0.15, 0.2) is 0 Å². The van der Waals surface area contributed by atoms with Crippen LogP contribution in [-0.4, -0.2) is 45.9 Å². The average molecular weight is 262 g/mol. The highest BCUT2D eigenvalue weighted by molar-refractivity contribution is 7.84.